The summed E-state index contributed by atoms with van der Waals surface area (Å²) in [7, 11) is 0. The summed E-state index contributed by atoms with van der Waals surface area (Å²) >= 11 is 3.33. The Hall–Kier alpha value is -2.48. The van der Waals surface area contributed by atoms with E-state index in [2.05, 4.69) is 26.0 Å². The summed E-state index contributed by atoms with van der Waals surface area (Å²) in [5, 5.41) is 2.68. The molecular weight excluding hydrogens is 410 g/mol. The van der Waals surface area contributed by atoms with Crippen LogP contribution in [0.25, 0.3) is 0 Å². The van der Waals surface area contributed by atoms with E-state index in [1.807, 2.05) is 24.3 Å². The molecule has 2 aromatic rings. The van der Waals surface area contributed by atoms with E-state index < -0.39 is 24.1 Å². The molecule has 1 N–H and O–H groups in total. The van der Waals surface area contributed by atoms with Gasteiger partial charge in [0.2, 0.25) is 0 Å². The van der Waals surface area contributed by atoms with Crippen LogP contribution in [0.3, 0.4) is 0 Å². The number of carbonyl (C=O) groups is 2. The maximum Gasteiger partial charge on any atom is 0.387 e. The molecule has 0 saturated carbocycles. The summed E-state index contributed by atoms with van der Waals surface area (Å²) in [6.07, 6.45) is 0. The minimum Gasteiger partial charge on any atom is -0.435 e. The number of hydrogen-bond acceptors (Lipinski definition) is 3. The minimum atomic E-state index is -2.93. The van der Waals surface area contributed by atoms with Crippen molar-refractivity contribution in [1.29, 1.82) is 0 Å². The van der Waals surface area contributed by atoms with Crippen LogP contribution in [0.4, 0.5) is 13.6 Å². The molecule has 0 radical (unpaired) electrons. The van der Waals surface area contributed by atoms with E-state index in [4.69, 9.17) is 0 Å². The zero-order valence-corrected chi connectivity index (χ0v) is 15.3. The van der Waals surface area contributed by atoms with Crippen LogP contribution in [0.2, 0.25) is 0 Å². The van der Waals surface area contributed by atoms with E-state index in [0.717, 1.165) is 14.9 Å². The normalized spacial score (nSPS) is 19.8. The Morgan fingerprint density at radius 3 is 2.31 bits per heavy atom. The molecule has 3 rings (SSSR count). The van der Waals surface area contributed by atoms with Gasteiger partial charge in [-0.15, -0.1) is 0 Å². The highest BCUT2D eigenvalue weighted by Crippen LogP contribution is 2.31. The van der Waals surface area contributed by atoms with Crippen LogP contribution in [0.1, 0.15) is 18.1 Å². The van der Waals surface area contributed by atoms with Gasteiger partial charge in [-0.25, -0.2) is 4.79 Å². The molecular formula is C18H15BrF2N2O3. The van der Waals surface area contributed by atoms with E-state index in [0.29, 0.717) is 5.56 Å². The van der Waals surface area contributed by atoms with Crippen LogP contribution < -0.4 is 10.1 Å². The number of benzene rings is 2. The van der Waals surface area contributed by atoms with Crippen molar-refractivity contribution in [3.8, 4) is 5.75 Å². The summed E-state index contributed by atoms with van der Waals surface area (Å²) in [5.41, 5.74) is 0.0212. The average Bonchev–Trinajstić information content (AvgIpc) is 2.81. The van der Waals surface area contributed by atoms with Crippen LogP contribution in [0, 0.1) is 0 Å². The predicted octanol–water partition coefficient (Wildman–Crippen LogP) is 4.02. The SMILES string of the molecule is C[C@@]1(c2ccc(OC(F)F)cc2)NC(=O)N(Cc2ccc(Br)cc2)C1=O. The highest BCUT2D eigenvalue weighted by atomic mass is 79.9. The summed E-state index contributed by atoms with van der Waals surface area (Å²) in [5.74, 6) is -0.427. The number of halogens is 3. The lowest BCUT2D eigenvalue weighted by molar-refractivity contribution is -0.131. The van der Waals surface area contributed by atoms with Crippen LogP contribution in [-0.2, 0) is 16.9 Å². The topological polar surface area (TPSA) is 58.6 Å². The molecule has 1 atom stereocenters. The monoisotopic (exact) mass is 424 g/mol. The standard InChI is InChI=1S/C18H15BrF2N2O3/c1-18(12-4-8-14(9-5-12)26-16(20)21)15(24)23(17(25)22-18)10-11-2-6-13(19)7-3-11/h2-9,16H,10H2,1H3,(H,22,25)/t18-/m0/s1. The number of ether oxygens (including phenoxy) is 1. The summed E-state index contributed by atoms with van der Waals surface area (Å²) < 4.78 is 29.7. The van der Waals surface area contributed by atoms with Crippen molar-refractivity contribution in [3.05, 3.63) is 64.1 Å². The summed E-state index contributed by atoms with van der Waals surface area (Å²) in [6.45, 7) is -1.21. The Morgan fingerprint density at radius 2 is 1.73 bits per heavy atom. The molecule has 3 amide bonds. The fourth-order valence-corrected chi connectivity index (χ4v) is 3.04. The third-order valence-electron chi connectivity index (χ3n) is 4.19. The zero-order valence-electron chi connectivity index (χ0n) is 13.7. The highest BCUT2D eigenvalue weighted by molar-refractivity contribution is 9.10. The van der Waals surface area contributed by atoms with E-state index >= 15 is 0 Å². The van der Waals surface area contributed by atoms with Crippen LogP contribution >= 0.6 is 15.9 Å². The van der Waals surface area contributed by atoms with Crippen LogP contribution in [0.15, 0.2) is 53.0 Å². The molecule has 1 fully saturated rings. The van der Waals surface area contributed by atoms with Crippen molar-refractivity contribution >= 4 is 27.9 Å². The number of amides is 3. The van der Waals surface area contributed by atoms with Gasteiger partial charge >= 0.3 is 12.6 Å². The number of nitrogens with zero attached hydrogens (tertiary/aromatic N) is 1. The fourth-order valence-electron chi connectivity index (χ4n) is 2.78. The number of nitrogens with one attached hydrogen (secondary N) is 1. The quantitative estimate of drug-likeness (QED) is 0.737. The van der Waals surface area contributed by atoms with Gasteiger partial charge in [-0.3, -0.25) is 9.69 Å². The van der Waals surface area contributed by atoms with E-state index in [1.165, 1.54) is 24.3 Å². The molecule has 1 heterocycles. The smallest absolute Gasteiger partial charge is 0.387 e. The lowest BCUT2D eigenvalue weighted by Crippen LogP contribution is -2.40. The zero-order chi connectivity index (χ0) is 18.9. The maximum atomic E-state index is 12.9. The highest BCUT2D eigenvalue weighted by Gasteiger charge is 2.48. The van der Waals surface area contributed by atoms with Gasteiger partial charge in [0.05, 0.1) is 6.54 Å². The van der Waals surface area contributed by atoms with Gasteiger partial charge in [-0.05, 0) is 42.3 Å². The maximum absolute atomic E-state index is 12.9. The van der Waals surface area contributed by atoms with Crippen LogP contribution in [-0.4, -0.2) is 23.4 Å². The van der Waals surface area contributed by atoms with Gasteiger partial charge in [0.15, 0.2) is 0 Å². The van der Waals surface area contributed by atoms with Crippen molar-refractivity contribution in [2.45, 2.75) is 25.6 Å². The van der Waals surface area contributed by atoms with Crippen molar-refractivity contribution in [2.24, 2.45) is 0 Å². The van der Waals surface area contributed by atoms with Gasteiger partial charge in [0.1, 0.15) is 11.3 Å². The Bertz CT molecular complexity index is 827. The van der Waals surface area contributed by atoms with Crippen molar-refractivity contribution in [1.82, 2.24) is 10.2 Å². The van der Waals surface area contributed by atoms with E-state index in [1.54, 1.807) is 6.92 Å². The second kappa shape index (κ2) is 7.03. The van der Waals surface area contributed by atoms with Gasteiger partial charge in [-0.2, -0.15) is 8.78 Å². The average molecular weight is 425 g/mol. The number of hydrogen-bond donors (Lipinski definition) is 1. The second-order valence-electron chi connectivity index (χ2n) is 5.98. The van der Waals surface area contributed by atoms with Gasteiger partial charge in [0, 0.05) is 4.47 Å². The molecule has 136 valence electrons. The van der Waals surface area contributed by atoms with Crippen LogP contribution in [0.5, 0.6) is 5.75 Å². The molecule has 0 bridgehead atoms. The number of alkyl halides is 2. The third kappa shape index (κ3) is 3.55. The van der Waals surface area contributed by atoms with Gasteiger partial charge in [0.25, 0.3) is 5.91 Å². The fraction of sp³-hybridized carbons (Fsp3) is 0.222. The third-order valence-corrected chi connectivity index (χ3v) is 4.71. The summed E-state index contributed by atoms with van der Waals surface area (Å²) in [4.78, 5) is 26.3. The molecule has 0 unspecified atom stereocenters. The molecule has 0 aliphatic carbocycles. The largest absolute Gasteiger partial charge is 0.435 e. The predicted molar refractivity (Wildman–Crippen MR) is 93.6 cm³/mol. The number of carbonyl (C=O) groups excluding carboxylic acids is 2. The molecule has 1 aliphatic heterocycles. The number of rotatable bonds is 5. The van der Waals surface area contributed by atoms with Crippen molar-refractivity contribution in [2.75, 3.05) is 0 Å². The minimum absolute atomic E-state index is 0.0177. The molecule has 0 aromatic heterocycles. The Labute approximate surface area is 157 Å². The van der Waals surface area contributed by atoms with E-state index in [9.17, 15) is 18.4 Å². The molecule has 1 aliphatic rings. The number of urea groups is 1. The first-order valence-electron chi connectivity index (χ1n) is 7.73. The first kappa shape index (κ1) is 18.3. The Balaban J connectivity index is 1.81. The lowest BCUT2D eigenvalue weighted by atomic mass is 9.92. The van der Waals surface area contributed by atoms with E-state index in [-0.39, 0.29) is 12.3 Å². The van der Waals surface area contributed by atoms with Gasteiger partial charge < -0.3 is 10.1 Å². The second-order valence-corrected chi connectivity index (χ2v) is 6.89. The summed E-state index contributed by atoms with van der Waals surface area (Å²) in [6, 6.07) is 12.4. The Morgan fingerprint density at radius 1 is 1.12 bits per heavy atom. The van der Waals surface area contributed by atoms with Gasteiger partial charge in [-0.1, -0.05) is 40.2 Å². The molecule has 26 heavy (non-hydrogen) atoms. The Kier molecular flexibility index (Phi) is 4.95. The molecule has 5 nitrogen and oxygen atoms in total. The molecule has 2 aromatic carbocycles. The molecule has 0 spiro atoms. The lowest BCUT2D eigenvalue weighted by Gasteiger charge is -2.22. The van der Waals surface area contributed by atoms with Crippen molar-refractivity contribution < 1.29 is 23.1 Å². The molecule has 8 heteroatoms. The first-order valence-corrected chi connectivity index (χ1v) is 8.53. The molecule has 1 saturated heterocycles. The first-order chi connectivity index (χ1) is 12.3. The van der Waals surface area contributed by atoms with Crippen molar-refractivity contribution in [3.63, 3.8) is 0 Å². The number of imide groups is 1.